The summed E-state index contributed by atoms with van der Waals surface area (Å²) in [6.07, 6.45) is 3.54. The van der Waals surface area contributed by atoms with E-state index in [2.05, 4.69) is 15.4 Å². The lowest BCUT2D eigenvalue weighted by Gasteiger charge is -2.16. The van der Waals surface area contributed by atoms with E-state index >= 15 is 0 Å². The number of hydrogen-bond donors (Lipinski definition) is 2. The van der Waals surface area contributed by atoms with E-state index in [4.69, 9.17) is 0 Å². The van der Waals surface area contributed by atoms with E-state index < -0.39 is 12.0 Å². The first-order valence-electron chi connectivity index (χ1n) is 5.70. The highest BCUT2D eigenvalue weighted by atomic mass is 16.5. The topological polar surface area (TPSA) is 84.5 Å². The normalized spacial score (nSPS) is 26.2. The van der Waals surface area contributed by atoms with Crippen LogP contribution in [0.2, 0.25) is 0 Å². The third-order valence-corrected chi connectivity index (χ3v) is 3.52. The molecule has 2 atom stereocenters. The molecule has 0 aromatic rings. The molecule has 17 heavy (non-hydrogen) atoms. The molecule has 1 heterocycles. The maximum atomic E-state index is 11.7. The highest BCUT2D eigenvalue weighted by Crippen LogP contribution is 2.46. The van der Waals surface area contributed by atoms with Crippen molar-refractivity contribution in [2.24, 2.45) is 5.92 Å². The average Bonchev–Trinajstić information content (AvgIpc) is 2.97. The Bertz CT molecular complexity index is 351. The van der Waals surface area contributed by atoms with Gasteiger partial charge in [0.1, 0.15) is 6.04 Å². The molecule has 2 aliphatic rings. The van der Waals surface area contributed by atoms with Crippen LogP contribution >= 0.6 is 0 Å². The van der Waals surface area contributed by atoms with E-state index in [-0.39, 0.29) is 17.4 Å². The van der Waals surface area contributed by atoms with E-state index in [0.717, 1.165) is 19.3 Å². The molecule has 0 aromatic heterocycles. The molecular formula is C11H16N2O4. The van der Waals surface area contributed by atoms with Crippen molar-refractivity contribution in [1.82, 2.24) is 10.6 Å². The Morgan fingerprint density at radius 3 is 2.88 bits per heavy atom. The fourth-order valence-corrected chi connectivity index (χ4v) is 2.39. The van der Waals surface area contributed by atoms with Crippen LogP contribution in [-0.4, -0.2) is 37.0 Å². The first kappa shape index (κ1) is 11.9. The molecular weight excluding hydrogens is 224 g/mol. The fraction of sp³-hybridized carbons (Fsp3) is 0.727. The highest BCUT2D eigenvalue weighted by molar-refractivity contribution is 5.85. The third kappa shape index (κ3) is 2.40. The van der Waals surface area contributed by atoms with Gasteiger partial charge < -0.3 is 15.4 Å². The minimum absolute atomic E-state index is 0.0103. The van der Waals surface area contributed by atoms with Crippen LogP contribution in [0.15, 0.2) is 0 Å². The summed E-state index contributed by atoms with van der Waals surface area (Å²) in [5, 5.41) is 5.34. The van der Waals surface area contributed by atoms with Gasteiger partial charge in [-0.2, -0.15) is 0 Å². The number of amides is 2. The molecule has 94 valence electrons. The second kappa shape index (κ2) is 4.35. The van der Waals surface area contributed by atoms with Gasteiger partial charge in [-0.1, -0.05) is 0 Å². The molecule has 2 rings (SSSR count). The summed E-state index contributed by atoms with van der Waals surface area (Å²) in [6, 6.07) is -0.734. The number of ether oxygens (including phenoxy) is 1. The molecule has 2 N–H and O–H groups in total. The molecule has 6 nitrogen and oxygen atoms in total. The predicted molar refractivity (Wildman–Crippen MR) is 57.8 cm³/mol. The summed E-state index contributed by atoms with van der Waals surface area (Å²) >= 11 is 0. The number of esters is 1. The maximum absolute atomic E-state index is 11.7. The van der Waals surface area contributed by atoms with Gasteiger partial charge in [-0.25, -0.2) is 4.79 Å². The molecule has 2 fully saturated rings. The molecule has 1 spiro atoms. The Morgan fingerprint density at radius 2 is 2.41 bits per heavy atom. The smallest absolute Gasteiger partial charge is 0.328 e. The number of carbonyl (C=O) groups excluding carboxylic acids is 3. The van der Waals surface area contributed by atoms with Crippen molar-refractivity contribution in [1.29, 1.82) is 0 Å². The van der Waals surface area contributed by atoms with Gasteiger partial charge in [0.2, 0.25) is 12.3 Å². The summed E-state index contributed by atoms with van der Waals surface area (Å²) in [4.78, 5) is 33.5. The third-order valence-electron chi connectivity index (χ3n) is 3.52. The minimum Gasteiger partial charge on any atom is -0.467 e. The minimum atomic E-state index is -0.734. The number of nitrogens with one attached hydrogen (secondary N) is 2. The summed E-state index contributed by atoms with van der Waals surface area (Å²) in [7, 11) is 1.26. The highest BCUT2D eigenvalue weighted by Gasteiger charge is 2.52. The lowest BCUT2D eigenvalue weighted by molar-refractivity contribution is -0.144. The van der Waals surface area contributed by atoms with Gasteiger partial charge >= 0.3 is 5.97 Å². The van der Waals surface area contributed by atoms with Crippen molar-refractivity contribution in [3.63, 3.8) is 0 Å². The van der Waals surface area contributed by atoms with Gasteiger partial charge in [0.25, 0.3) is 0 Å². The Kier molecular flexibility index (Phi) is 3.04. The molecule has 0 radical (unpaired) electrons. The summed E-state index contributed by atoms with van der Waals surface area (Å²) in [5.41, 5.74) is -0.0103. The zero-order chi connectivity index (χ0) is 12.5. The molecule has 0 aromatic carbocycles. The zero-order valence-electron chi connectivity index (χ0n) is 9.69. The van der Waals surface area contributed by atoms with Crippen LogP contribution < -0.4 is 10.6 Å². The number of hydrogen-bond acceptors (Lipinski definition) is 4. The first-order chi connectivity index (χ1) is 8.10. The van der Waals surface area contributed by atoms with Crippen molar-refractivity contribution in [3.05, 3.63) is 0 Å². The molecule has 6 heteroatoms. The van der Waals surface area contributed by atoms with Gasteiger partial charge in [0.15, 0.2) is 0 Å². The number of rotatable bonds is 5. The summed E-state index contributed by atoms with van der Waals surface area (Å²) in [5.74, 6) is -0.750. The lowest BCUT2D eigenvalue weighted by atomic mass is 9.95. The fourth-order valence-electron chi connectivity index (χ4n) is 2.39. The first-order valence-corrected chi connectivity index (χ1v) is 5.70. The Balaban J connectivity index is 1.95. The van der Waals surface area contributed by atoms with E-state index in [1.165, 1.54) is 7.11 Å². The van der Waals surface area contributed by atoms with Gasteiger partial charge in [-0.15, -0.1) is 0 Å². The van der Waals surface area contributed by atoms with Crippen LogP contribution in [0.4, 0.5) is 0 Å². The quantitative estimate of drug-likeness (QED) is 0.493. The van der Waals surface area contributed by atoms with Crippen LogP contribution in [0.3, 0.4) is 0 Å². The molecule has 2 unspecified atom stereocenters. The number of carbonyl (C=O) groups is 3. The van der Waals surface area contributed by atoms with E-state index in [1.54, 1.807) is 0 Å². The molecule has 2 amide bonds. The van der Waals surface area contributed by atoms with Gasteiger partial charge in [-0.3, -0.25) is 9.59 Å². The standard InChI is InChI=1S/C11H16N2O4/c1-17-10(16)8(12-6-14)4-7-5-11(2-3-11)13-9(7)15/h6-8H,2-5H2,1H3,(H,12,14)(H,13,15). The van der Waals surface area contributed by atoms with E-state index in [0.29, 0.717) is 12.8 Å². The zero-order valence-corrected chi connectivity index (χ0v) is 9.69. The second-order valence-corrected chi connectivity index (χ2v) is 4.77. The number of methoxy groups -OCH3 is 1. The second-order valence-electron chi connectivity index (χ2n) is 4.77. The average molecular weight is 240 g/mol. The largest absolute Gasteiger partial charge is 0.467 e. The van der Waals surface area contributed by atoms with E-state index in [9.17, 15) is 14.4 Å². The van der Waals surface area contributed by atoms with Crippen molar-refractivity contribution >= 4 is 18.3 Å². The Morgan fingerprint density at radius 1 is 1.71 bits per heavy atom. The van der Waals surface area contributed by atoms with Gasteiger partial charge in [0.05, 0.1) is 7.11 Å². The predicted octanol–water partition coefficient (Wildman–Crippen LogP) is -0.667. The van der Waals surface area contributed by atoms with E-state index in [1.807, 2.05) is 0 Å². The van der Waals surface area contributed by atoms with Crippen molar-refractivity contribution in [3.8, 4) is 0 Å². The molecule has 0 bridgehead atoms. The van der Waals surface area contributed by atoms with Crippen LogP contribution in [0, 0.1) is 5.92 Å². The van der Waals surface area contributed by atoms with Crippen LogP contribution in [0.25, 0.3) is 0 Å². The van der Waals surface area contributed by atoms with Crippen LogP contribution in [-0.2, 0) is 19.1 Å². The Hall–Kier alpha value is -1.59. The molecule has 1 aliphatic carbocycles. The summed E-state index contributed by atoms with van der Waals surface area (Å²) in [6.45, 7) is 0. The Labute approximate surface area is 99.1 Å². The molecule has 1 saturated carbocycles. The van der Waals surface area contributed by atoms with Crippen molar-refractivity contribution in [2.45, 2.75) is 37.3 Å². The van der Waals surface area contributed by atoms with Crippen molar-refractivity contribution < 1.29 is 19.1 Å². The maximum Gasteiger partial charge on any atom is 0.328 e. The monoisotopic (exact) mass is 240 g/mol. The van der Waals surface area contributed by atoms with Crippen LogP contribution in [0.1, 0.15) is 25.7 Å². The molecule has 1 saturated heterocycles. The van der Waals surface area contributed by atoms with Gasteiger partial charge in [-0.05, 0) is 25.7 Å². The SMILES string of the molecule is COC(=O)C(CC1CC2(CC2)NC1=O)NC=O. The van der Waals surface area contributed by atoms with Crippen molar-refractivity contribution in [2.75, 3.05) is 7.11 Å². The van der Waals surface area contributed by atoms with Crippen LogP contribution in [0.5, 0.6) is 0 Å². The lowest BCUT2D eigenvalue weighted by Crippen LogP contribution is -2.39. The van der Waals surface area contributed by atoms with Gasteiger partial charge in [0, 0.05) is 11.5 Å². The molecule has 1 aliphatic heterocycles. The summed E-state index contributed by atoms with van der Waals surface area (Å²) < 4.78 is 4.59.